The number of carbonyl (C=O) groups is 1. The van der Waals surface area contributed by atoms with Crippen LogP contribution in [0.2, 0.25) is 0 Å². The summed E-state index contributed by atoms with van der Waals surface area (Å²) in [5.41, 5.74) is 5.52. The molecule has 0 unspecified atom stereocenters. The molecule has 1 aromatic rings. The molecule has 0 saturated carbocycles. The Morgan fingerprint density at radius 1 is 1.45 bits per heavy atom. The van der Waals surface area contributed by atoms with Crippen molar-refractivity contribution in [1.29, 1.82) is 0 Å². The lowest BCUT2D eigenvalue weighted by Gasteiger charge is -2.21. The maximum Gasteiger partial charge on any atom is 0.235 e. The monoisotopic (exact) mass is 302 g/mol. The highest BCUT2D eigenvalue weighted by atomic mass is 32.2. The number of hydrogen-bond donors (Lipinski definition) is 2. The van der Waals surface area contributed by atoms with Gasteiger partial charge in [0.25, 0.3) is 0 Å². The van der Waals surface area contributed by atoms with Crippen LogP contribution in [0.3, 0.4) is 0 Å². The second kappa shape index (κ2) is 6.81. The van der Waals surface area contributed by atoms with Gasteiger partial charge in [0.1, 0.15) is 11.9 Å². The molecular formula is C13H19FN2O3S. The molecule has 20 heavy (non-hydrogen) atoms. The number of carbonyl (C=O) groups excluding carboxylic acids is 1. The molecule has 0 aliphatic carbocycles. The van der Waals surface area contributed by atoms with Crippen LogP contribution in [0.25, 0.3) is 0 Å². The molecule has 0 aliphatic heterocycles. The summed E-state index contributed by atoms with van der Waals surface area (Å²) in [7, 11) is -3.77. The molecule has 112 valence electrons. The summed E-state index contributed by atoms with van der Waals surface area (Å²) >= 11 is 0. The highest BCUT2D eigenvalue weighted by molar-refractivity contribution is 7.88. The van der Waals surface area contributed by atoms with E-state index in [1.54, 1.807) is 6.92 Å². The van der Waals surface area contributed by atoms with Crippen molar-refractivity contribution in [1.82, 2.24) is 4.72 Å². The van der Waals surface area contributed by atoms with E-state index in [0.29, 0.717) is 12.0 Å². The molecule has 0 aliphatic rings. The number of hydrogen-bond acceptors (Lipinski definition) is 3. The fourth-order valence-electron chi connectivity index (χ4n) is 1.77. The van der Waals surface area contributed by atoms with Gasteiger partial charge in [-0.05, 0) is 23.6 Å². The number of nitrogens with one attached hydrogen (secondary N) is 1. The summed E-state index contributed by atoms with van der Waals surface area (Å²) < 4.78 is 39.3. The highest BCUT2D eigenvalue weighted by Crippen LogP contribution is 2.12. The molecule has 5 nitrogen and oxygen atoms in total. The van der Waals surface area contributed by atoms with Crippen LogP contribution < -0.4 is 10.5 Å². The predicted octanol–water partition coefficient (Wildman–Crippen LogP) is 1.15. The fraction of sp³-hybridized carbons (Fsp3) is 0.462. The van der Waals surface area contributed by atoms with Crippen molar-refractivity contribution < 1.29 is 17.6 Å². The van der Waals surface area contributed by atoms with E-state index in [-0.39, 0.29) is 5.92 Å². The van der Waals surface area contributed by atoms with Crippen LogP contribution in [-0.4, -0.2) is 20.4 Å². The van der Waals surface area contributed by atoms with Crippen LogP contribution in [-0.2, 0) is 20.6 Å². The Hall–Kier alpha value is -1.47. The predicted molar refractivity (Wildman–Crippen MR) is 74.6 cm³/mol. The first-order valence-corrected chi connectivity index (χ1v) is 7.94. The minimum atomic E-state index is -3.77. The zero-order chi connectivity index (χ0) is 15.3. The number of primary amides is 1. The maximum atomic E-state index is 13.0. The van der Waals surface area contributed by atoms with Gasteiger partial charge in [-0.3, -0.25) is 4.79 Å². The number of amides is 1. The zero-order valence-corrected chi connectivity index (χ0v) is 12.3. The second-order valence-electron chi connectivity index (χ2n) is 4.77. The Morgan fingerprint density at radius 3 is 2.60 bits per heavy atom. The largest absolute Gasteiger partial charge is 0.368 e. The van der Waals surface area contributed by atoms with Crippen LogP contribution in [0.15, 0.2) is 24.3 Å². The lowest BCUT2D eigenvalue weighted by atomic mass is 10.00. The molecule has 1 rings (SSSR count). The molecule has 2 atom stereocenters. The summed E-state index contributed by atoms with van der Waals surface area (Å²) in [6.07, 6.45) is 0.607. The number of benzene rings is 1. The molecule has 0 bridgehead atoms. The quantitative estimate of drug-likeness (QED) is 0.791. The normalized spacial score (nSPS) is 14.8. The summed E-state index contributed by atoms with van der Waals surface area (Å²) in [6, 6.07) is 4.35. The van der Waals surface area contributed by atoms with Gasteiger partial charge in [0.2, 0.25) is 15.9 Å². The average molecular weight is 302 g/mol. The first-order valence-electron chi connectivity index (χ1n) is 6.29. The number of nitrogens with two attached hydrogens (primary N) is 1. The average Bonchev–Trinajstić information content (AvgIpc) is 2.34. The van der Waals surface area contributed by atoms with E-state index in [2.05, 4.69) is 4.72 Å². The van der Waals surface area contributed by atoms with Crippen LogP contribution in [0, 0.1) is 11.7 Å². The van der Waals surface area contributed by atoms with Gasteiger partial charge >= 0.3 is 0 Å². The smallest absolute Gasteiger partial charge is 0.235 e. The van der Waals surface area contributed by atoms with Gasteiger partial charge in [-0.15, -0.1) is 0 Å². The van der Waals surface area contributed by atoms with Crippen molar-refractivity contribution in [3.63, 3.8) is 0 Å². The minimum Gasteiger partial charge on any atom is -0.368 e. The highest BCUT2D eigenvalue weighted by Gasteiger charge is 2.27. The molecule has 1 amide bonds. The van der Waals surface area contributed by atoms with E-state index < -0.39 is 33.5 Å². The molecule has 0 heterocycles. The summed E-state index contributed by atoms with van der Waals surface area (Å²) in [4.78, 5) is 11.3. The van der Waals surface area contributed by atoms with Crippen molar-refractivity contribution in [3.05, 3.63) is 35.6 Å². The van der Waals surface area contributed by atoms with E-state index in [1.807, 2.05) is 6.92 Å². The van der Waals surface area contributed by atoms with Crippen molar-refractivity contribution in [3.8, 4) is 0 Å². The lowest BCUT2D eigenvalue weighted by molar-refractivity contribution is -0.120. The molecular weight excluding hydrogens is 283 g/mol. The number of sulfonamides is 1. The summed E-state index contributed by atoms with van der Waals surface area (Å²) in [6.45, 7) is 3.57. The van der Waals surface area contributed by atoms with E-state index >= 15 is 0 Å². The van der Waals surface area contributed by atoms with Gasteiger partial charge in [-0.25, -0.2) is 17.5 Å². The fourth-order valence-corrected chi connectivity index (χ4v) is 3.21. The number of rotatable bonds is 7. The Morgan fingerprint density at radius 2 is 2.10 bits per heavy atom. The molecule has 7 heteroatoms. The van der Waals surface area contributed by atoms with Gasteiger partial charge < -0.3 is 5.73 Å². The van der Waals surface area contributed by atoms with Gasteiger partial charge in [-0.1, -0.05) is 32.4 Å². The van der Waals surface area contributed by atoms with E-state index in [9.17, 15) is 17.6 Å². The third-order valence-corrected chi connectivity index (χ3v) is 4.40. The summed E-state index contributed by atoms with van der Waals surface area (Å²) in [5.74, 6) is -1.84. The first-order chi connectivity index (χ1) is 9.25. The molecule has 0 fully saturated rings. The zero-order valence-electron chi connectivity index (χ0n) is 11.5. The topological polar surface area (TPSA) is 89.3 Å². The van der Waals surface area contributed by atoms with Crippen molar-refractivity contribution in [2.45, 2.75) is 32.1 Å². The molecule has 3 N–H and O–H groups in total. The maximum absolute atomic E-state index is 13.0. The van der Waals surface area contributed by atoms with E-state index in [1.165, 1.54) is 18.2 Å². The molecule has 1 aromatic carbocycles. The van der Waals surface area contributed by atoms with Crippen molar-refractivity contribution in [2.75, 3.05) is 0 Å². The molecule has 0 aromatic heterocycles. The van der Waals surface area contributed by atoms with Gasteiger partial charge in [-0.2, -0.15) is 0 Å². The minimum absolute atomic E-state index is 0.213. The number of halogens is 1. The van der Waals surface area contributed by atoms with Crippen LogP contribution >= 0.6 is 0 Å². The van der Waals surface area contributed by atoms with Gasteiger partial charge in [0, 0.05) is 0 Å². The molecule has 0 radical (unpaired) electrons. The SMILES string of the molecule is CC[C@@H](C)[C@@H](NS(=O)(=O)Cc1cccc(F)c1)C(N)=O. The second-order valence-corrected chi connectivity index (χ2v) is 6.53. The van der Waals surface area contributed by atoms with E-state index in [0.717, 1.165) is 6.07 Å². The van der Waals surface area contributed by atoms with Gasteiger partial charge in [0.15, 0.2) is 0 Å². The first kappa shape index (κ1) is 16.6. The Balaban J connectivity index is 2.85. The Bertz CT molecular complexity index is 575. The van der Waals surface area contributed by atoms with Crippen LogP contribution in [0.1, 0.15) is 25.8 Å². The third kappa shape index (κ3) is 4.90. The third-order valence-electron chi connectivity index (χ3n) is 3.07. The lowest BCUT2D eigenvalue weighted by Crippen LogP contribution is -2.48. The van der Waals surface area contributed by atoms with Crippen molar-refractivity contribution >= 4 is 15.9 Å². The van der Waals surface area contributed by atoms with Crippen LogP contribution in [0.5, 0.6) is 0 Å². The molecule has 0 spiro atoms. The van der Waals surface area contributed by atoms with Gasteiger partial charge in [0.05, 0.1) is 5.75 Å². The standard InChI is InChI=1S/C13H19FN2O3S/c1-3-9(2)12(13(15)17)16-20(18,19)8-10-5-4-6-11(14)7-10/h4-7,9,12,16H,3,8H2,1-2H3,(H2,15,17)/t9-,12-/m1/s1. The summed E-state index contributed by atoms with van der Waals surface area (Å²) in [5, 5.41) is 0. The molecule has 0 saturated heterocycles. The van der Waals surface area contributed by atoms with E-state index in [4.69, 9.17) is 5.73 Å². The Kier molecular flexibility index (Phi) is 5.64. The Labute approximate surface area is 118 Å². The van der Waals surface area contributed by atoms with Crippen LogP contribution in [0.4, 0.5) is 4.39 Å². The van der Waals surface area contributed by atoms with Crippen molar-refractivity contribution in [2.24, 2.45) is 11.7 Å².